The zero-order valence-electron chi connectivity index (χ0n) is 9.88. The Labute approximate surface area is 111 Å². The molecule has 0 atom stereocenters. The Morgan fingerprint density at radius 3 is 2.61 bits per heavy atom. The van der Waals surface area contributed by atoms with Crippen molar-refractivity contribution in [2.24, 2.45) is 0 Å². The van der Waals surface area contributed by atoms with Crippen LogP contribution in [0.15, 0.2) is 39.9 Å². The van der Waals surface area contributed by atoms with Crippen molar-refractivity contribution in [2.75, 3.05) is 5.73 Å². The number of rotatable bonds is 4. The first-order chi connectivity index (χ1) is 8.50. The minimum absolute atomic E-state index is 0.123. The highest BCUT2D eigenvalue weighted by atomic mass is 32.2. The third kappa shape index (κ3) is 2.72. The molecule has 1 aromatic heterocycles. The van der Waals surface area contributed by atoms with Crippen LogP contribution in [0.5, 0.6) is 0 Å². The fourth-order valence-electron chi connectivity index (χ4n) is 1.54. The second-order valence-corrected chi connectivity index (χ2v) is 6.42. The smallest absolute Gasteiger partial charge is 0.242 e. The summed E-state index contributed by atoms with van der Waals surface area (Å²) in [5.74, 6) is 0. The summed E-state index contributed by atoms with van der Waals surface area (Å²) in [5.41, 5.74) is 8.00. The van der Waals surface area contributed by atoms with Crippen molar-refractivity contribution in [3.8, 4) is 0 Å². The summed E-state index contributed by atoms with van der Waals surface area (Å²) >= 11 is 1.56. The molecule has 2 rings (SSSR count). The van der Waals surface area contributed by atoms with Crippen LogP contribution in [0.1, 0.15) is 11.1 Å². The molecule has 4 nitrogen and oxygen atoms in total. The summed E-state index contributed by atoms with van der Waals surface area (Å²) in [5, 5.41) is 3.92. The monoisotopic (exact) mass is 282 g/mol. The molecule has 0 bridgehead atoms. The van der Waals surface area contributed by atoms with E-state index in [2.05, 4.69) is 4.72 Å². The van der Waals surface area contributed by atoms with Gasteiger partial charge in [0.2, 0.25) is 10.0 Å². The van der Waals surface area contributed by atoms with Gasteiger partial charge in [-0.15, -0.1) is 0 Å². The van der Waals surface area contributed by atoms with E-state index in [4.69, 9.17) is 5.73 Å². The minimum Gasteiger partial charge on any atom is -0.398 e. The third-order valence-corrected chi connectivity index (χ3v) is 5.01. The molecule has 0 aliphatic carbocycles. The molecule has 0 aliphatic rings. The standard InChI is InChI=1S/C12H14N2O2S2/c1-9-7-17-8-10(9)6-14-18(15,16)12-5-3-2-4-11(12)13/h2-5,7-8,14H,6,13H2,1H3. The molecule has 0 unspecified atom stereocenters. The lowest BCUT2D eigenvalue weighted by molar-refractivity contribution is 0.581. The van der Waals surface area contributed by atoms with E-state index in [1.165, 1.54) is 6.07 Å². The van der Waals surface area contributed by atoms with E-state index in [1.807, 2.05) is 17.7 Å². The maximum atomic E-state index is 12.1. The molecule has 0 radical (unpaired) electrons. The van der Waals surface area contributed by atoms with Gasteiger partial charge >= 0.3 is 0 Å². The van der Waals surface area contributed by atoms with Gasteiger partial charge < -0.3 is 5.73 Å². The lowest BCUT2D eigenvalue weighted by Crippen LogP contribution is -2.24. The first-order valence-corrected chi connectivity index (χ1v) is 7.79. The number of nitrogens with two attached hydrogens (primary N) is 1. The number of aryl methyl sites for hydroxylation is 1. The second kappa shape index (κ2) is 5.09. The number of nitrogen functional groups attached to an aromatic ring is 1. The van der Waals surface area contributed by atoms with Gasteiger partial charge in [0.15, 0.2) is 0 Å². The SMILES string of the molecule is Cc1cscc1CNS(=O)(=O)c1ccccc1N. The zero-order valence-corrected chi connectivity index (χ0v) is 11.5. The van der Waals surface area contributed by atoms with Crippen molar-refractivity contribution in [3.05, 3.63) is 46.2 Å². The average molecular weight is 282 g/mol. The molecule has 0 fully saturated rings. The van der Waals surface area contributed by atoms with Gasteiger partial charge in [0.25, 0.3) is 0 Å². The highest BCUT2D eigenvalue weighted by molar-refractivity contribution is 7.89. The number of para-hydroxylation sites is 1. The van der Waals surface area contributed by atoms with Crippen molar-refractivity contribution < 1.29 is 8.42 Å². The molecule has 6 heteroatoms. The van der Waals surface area contributed by atoms with E-state index in [1.54, 1.807) is 29.5 Å². The Balaban J connectivity index is 2.19. The summed E-state index contributed by atoms with van der Waals surface area (Å²) in [6.07, 6.45) is 0. The van der Waals surface area contributed by atoms with Gasteiger partial charge in [-0.25, -0.2) is 13.1 Å². The molecule has 1 aromatic carbocycles. The van der Waals surface area contributed by atoms with Crippen LogP contribution in [0.25, 0.3) is 0 Å². The number of sulfonamides is 1. The van der Waals surface area contributed by atoms with Crippen LogP contribution in [0.3, 0.4) is 0 Å². The largest absolute Gasteiger partial charge is 0.398 e. The quantitative estimate of drug-likeness (QED) is 0.844. The summed E-state index contributed by atoms with van der Waals surface area (Å²) in [4.78, 5) is 0.123. The van der Waals surface area contributed by atoms with Crippen molar-refractivity contribution in [1.82, 2.24) is 4.72 Å². The number of benzene rings is 1. The predicted molar refractivity (Wildman–Crippen MR) is 73.9 cm³/mol. The number of hydrogen-bond acceptors (Lipinski definition) is 4. The van der Waals surface area contributed by atoms with Gasteiger partial charge in [0.1, 0.15) is 4.90 Å². The Morgan fingerprint density at radius 2 is 2.00 bits per heavy atom. The maximum Gasteiger partial charge on any atom is 0.242 e. The summed E-state index contributed by atoms with van der Waals surface area (Å²) in [7, 11) is -3.55. The van der Waals surface area contributed by atoms with Gasteiger partial charge in [-0.1, -0.05) is 12.1 Å². The molecule has 2 aromatic rings. The highest BCUT2D eigenvalue weighted by Gasteiger charge is 2.16. The molecule has 3 N–H and O–H groups in total. The van der Waals surface area contributed by atoms with Gasteiger partial charge in [-0.2, -0.15) is 11.3 Å². The van der Waals surface area contributed by atoms with Crippen LogP contribution in [0, 0.1) is 6.92 Å². The fraction of sp³-hybridized carbons (Fsp3) is 0.167. The van der Waals surface area contributed by atoms with E-state index < -0.39 is 10.0 Å². The van der Waals surface area contributed by atoms with Crippen LogP contribution < -0.4 is 10.5 Å². The van der Waals surface area contributed by atoms with Crippen LogP contribution >= 0.6 is 11.3 Å². The molecule has 0 spiro atoms. The van der Waals surface area contributed by atoms with Crippen LogP contribution in [0.2, 0.25) is 0 Å². The summed E-state index contributed by atoms with van der Waals surface area (Å²) < 4.78 is 26.7. The van der Waals surface area contributed by atoms with Crippen LogP contribution in [0.4, 0.5) is 5.69 Å². The highest BCUT2D eigenvalue weighted by Crippen LogP contribution is 2.18. The summed E-state index contributed by atoms with van der Waals surface area (Å²) in [6, 6.07) is 6.43. The van der Waals surface area contributed by atoms with E-state index >= 15 is 0 Å². The Hall–Kier alpha value is -1.37. The minimum atomic E-state index is -3.55. The lowest BCUT2D eigenvalue weighted by atomic mass is 10.2. The maximum absolute atomic E-state index is 12.1. The second-order valence-electron chi connectivity index (χ2n) is 3.94. The topological polar surface area (TPSA) is 72.2 Å². The molecule has 0 amide bonds. The normalized spacial score (nSPS) is 11.6. The van der Waals surface area contributed by atoms with Gasteiger partial charge in [0, 0.05) is 6.54 Å². The first kappa shape index (κ1) is 13.1. The van der Waals surface area contributed by atoms with Crippen molar-refractivity contribution in [1.29, 1.82) is 0 Å². The van der Waals surface area contributed by atoms with Crippen LogP contribution in [-0.4, -0.2) is 8.42 Å². The fourth-order valence-corrected chi connectivity index (χ4v) is 3.54. The first-order valence-electron chi connectivity index (χ1n) is 5.36. The molecular formula is C12H14N2O2S2. The molecule has 18 heavy (non-hydrogen) atoms. The number of thiophene rings is 1. The van der Waals surface area contributed by atoms with E-state index in [0.29, 0.717) is 0 Å². The summed E-state index contributed by atoms with van der Waals surface area (Å²) in [6.45, 7) is 2.24. The van der Waals surface area contributed by atoms with Crippen molar-refractivity contribution in [2.45, 2.75) is 18.4 Å². The van der Waals surface area contributed by atoms with E-state index in [0.717, 1.165) is 11.1 Å². The van der Waals surface area contributed by atoms with E-state index in [9.17, 15) is 8.42 Å². The predicted octanol–water partition coefficient (Wildman–Crippen LogP) is 2.12. The average Bonchev–Trinajstić information content (AvgIpc) is 2.73. The lowest BCUT2D eigenvalue weighted by Gasteiger charge is -2.08. The van der Waals surface area contributed by atoms with Crippen LogP contribution in [-0.2, 0) is 16.6 Å². The Bertz CT molecular complexity index is 648. The molecule has 0 saturated carbocycles. The molecule has 96 valence electrons. The number of nitrogens with one attached hydrogen (secondary N) is 1. The molecule has 1 heterocycles. The molecule has 0 aliphatic heterocycles. The van der Waals surface area contributed by atoms with Gasteiger partial charge in [-0.05, 0) is 40.9 Å². The van der Waals surface area contributed by atoms with Gasteiger partial charge in [0.05, 0.1) is 5.69 Å². The van der Waals surface area contributed by atoms with E-state index in [-0.39, 0.29) is 17.1 Å². The van der Waals surface area contributed by atoms with Crippen molar-refractivity contribution >= 4 is 27.0 Å². The number of hydrogen-bond donors (Lipinski definition) is 2. The third-order valence-electron chi connectivity index (χ3n) is 2.62. The van der Waals surface area contributed by atoms with Gasteiger partial charge in [-0.3, -0.25) is 0 Å². The van der Waals surface area contributed by atoms with Crippen molar-refractivity contribution in [3.63, 3.8) is 0 Å². The Morgan fingerprint density at radius 1 is 1.28 bits per heavy atom. The molecular weight excluding hydrogens is 268 g/mol. The zero-order chi connectivity index (χ0) is 13.2. The Kier molecular flexibility index (Phi) is 3.70. The molecule has 0 saturated heterocycles. The number of anilines is 1.